The fourth-order valence-corrected chi connectivity index (χ4v) is 6.47. The number of aromatic hydroxyl groups is 2. The maximum Gasteiger partial charge on any atom is 0.328 e. The van der Waals surface area contributed by atoms with Crippen LogP contribution in [0.5, 0.6) is 11.5 Å². The number of rotatable bonds is 5. The number of phenolic OH excluding ortho intramolecular Hbond substituents is 2. The summed E-state index contributed by atoms with van der Waals surface area (Å²) < 4.78 is 0. The number of phenols is 2. The SMILES string of the molecule is C.C.C.CN1C(=O)C2Cc3c([nH]c4ccccc34)C(c3cccc(O)c3)N2C1=O.NC(Cc1c[nH]c2ccccc12)C(=O)O.O=Cc1cccc(O)c1. The van der Waals surface area contributed by atoms with E-state index in [0.29, 0.717) is 24.7 Å². The maximum atomic E-state index is 12.8. The lowest BCUT2D eigenvalue weighted by Crippen LogP contribution is -2.44. The summed E-state index contributed by atoms with van der Waals surface area (Å²) in [5.41, 5.74) is 11.7. The molecule has 6 aromatic rings. The Kier molecular flexibility index (Phi) is 13.3. The van der Waals surface area contributed by atoms with Crippen molar-refractivity contribution in [3.8, 4) is 11.5 Å². The fraction of sp³-hybridized carbons (Fsp3) is 0.220. The Morgan fingerprint density at radius 2 is 1.51 bits per heavy atom. The number of amides is 3. The van der Waals surface area contributed by atoms with Crippen molar-refractivity contribution in [1.82, 2.24) is 19.8 Å². The minimum absolute atomic E-state index is 0. The molecule has 1 fully saturated rings. The van der Waals surface area contributed by atoms with Crippen LogP contribution in [0.1, 0.15) is 61.1 Å². The van der Waals surface area contributed by atoms with Crippen LogP contribution in [-0.2, 0) is 22.4 Å². The van der Waals surface area contributed by atoms with Crippen molar-refractivity contribution in [2.45, 2.75) is 53.2 Å². The summed E-state index contributed by atoms with van der Waals surface area (Å²) in [4.78, 5) is 55.5. The van der Waals surface area contributed by atoms with Gasteiger partial charge in [0.05, 0.1) is 0 Å². The van der Waals surface area contributed by atoms with Crippen LogP contribution in [0, 0.1) is 0 Å². The number of imide groups is 1. The molecule has 278 valence electrons. The van der Waals surface area contributed by atoms with E-state index in [9.17, 15) is 24.3 Å². The lowest BCUT2D eigenvalue weighted by Gasteiger charge is -2.36. The van der Waals surface area contributed by atoms with Gasteiger partial charge in [-0.3, -0.25) is 24.2 Å². The first-order chi connectivity index (χ1) is 24.1. The third kappa shape index (κ3) is 8.23. The first-order valence-electron chi connectivity index (χ1n) is 15.8. The van der Waals surface area contributed by atoms with Gasteiger partial charge in [0.25, 0.3) is 5.91 Å². The molecule has 12 nitrogen and oxygen atoms in total. The second-order valence-electron chi connectivity index (χ2n) is 12.1. The Labute approximate surface area is 308 Å². The first kappa shape index (κ1) is 41.0. The molecule has 53 heavy (non-hydrogen) atoms. The number of nitrogens with one attached hydrogen (secondary N) is 2. The maximum absolute atomic E-state index is 12.8. The van der Waals surface area contributed by atoms with E-state index in [1.807, 2.05) is 60.8 Å². The molecule has 1 saturated heterocycles. The predicted molar refractivity (Wildman–Crippen MR) is 207 cm³/mol. The van der Waals surface area contributed by atoms with Crippen molar-refractivity contribution in [1.29, 1.82) is 0 Å². The lowest BCUT2D eigenvalue weighted by atomic mass is 9.89. The van der Waals surface area contributed by atoms with Crippen LogP contribution in [-0.4, -0.2) is 78.4 Å². The highest BCUT2D eigenvalue weighted by molar-refractivity contribution is 6.05. The number of carbonyl (C=O) groups excluding carboxylic acids is 3. The molecule has 2 aromatic heterocycles. The standard InChI is InChI=1S/C20H17N3O3.C11H12N2O2.C7H6O2.3CH4/c1-22-19(25)16-10-14-13-7-2-3-8-15(13)21-17(14)18(23(16)20(22)26)11-5-4-6-12(24)9-11;12-9(11(14)15)5-7-6-13-10-4-2-1-3-8(7)10;8-5-6-2-1-3-7(9)4-6;;;/h2-9,16,18,21,24H,10H2,1H3;1-4,6,9,13H,5,12H2,(H,14,15);1-5,9H;3*1H4. The number of hydrogen-bond acceptors (Lipinski definition) is 7. The van der Waals surface area contributed by atoms with E-state index in [1.165, 1.54) is 24.1 Å². The van der Waals surface area contributed by atoms with E-state index in [0.717, 1.165) is 44.2 Å². The smallest absolute Gasteiger partial charge is 0.328 e. The molecule has 3 unspecified atom stereocenters. The van der Waals surface area contributed by atoms with Gasteiger partial charge in [-0.05, 0) is 53.1 Å². The number of aliphatic carboxylic acids is 1. The number of para-hydroxylation sites is 2. The van der Waals surface area contributed by atoms with E-state index in [2.05, 4.69) is 9.97 Å². The van der Waals surface area contributed by atoms with Crippen LogP contribution >= 0.6 is 0 Å². The molecule has 2 aliphatic heterocycles. The zero-order valence-electron chi connectivity index (χ0n) is 27.0. The molecule has 0 saturated carbocycles. The molecule has 2 aliphatic rings. The van der Waals surface area contributed by atoms with Crippen molar-refractivity contribution >= 4 is 46.0 Å². The number of aromatic nitrogens is 2. The molecule has 0 bridgehead atoms. The Hall–Kier alpha value is -6.40. The van der Waals surface area contributed by atoms with Gasteiger partial charge < -0.3 is 31.0 Å². The van der Waals surface area contributed by atoms with Gasteiger partial charge in [0.1, 0.15) is 35.9 Å². The summed E-state index contributed by atoms with van der Waals surface area (Å²) in [6.45, 7) is 0. The van der Waals surface area contributed by atoms with Crippen LogP contribution in [0.15, 0.2) is 103 Å². The molecule has 7 N–H and O–H groups in total. The molecule has 4 aromatic carbocycles. The molecule has 8 rings (SSSR count). The van der Waals surface area contributed by atoms with Crippen LogP contribution < -0.4 is 5.73 Å². The average Bonchev–Trinajstić information content (AvgIpc) is 3.77. The van der Waals surface area contributed by atoms with Crippen molar-refractivity contribution in [2.24, 2.45) is 5.73 Å². The highest BCUT2D eigenvalue weighted by Crippen LogP contribution is 2.44. The number of aldehydes is 1. The number of likely N-dealkylation sites (N-methyl/N-ethyl adjacent to an activating group) is 1. The summed E-state index contributed by atoms with van der Waals surface area (Å²) in [5.74, 6) is -0.899. The molecular weight excluding hydrogens is 674 g/mol. The Morgan fingerprint density at radius 1 is 0.887 bits per heavy atom. The van der Waals surface area contributed by atoms with Gasteiger partial charge in [0.2, 0.25) is 0 Å². The zero-order valence-corrected chi connectivity index (χ0v) is 27.0. The fourth-order valence-electron chi connectivity index (χ4n) is 6.47. The number of nitrogens with two attached hydrogens (primary N) is 1. The lowest BCUT2D eigenvalue weighted by molar-refractivity contribution is -0.138. The van der Waals surface area contributed by atoms with E-state index in [-0.39, 0.29) is 45.7 Å². The van der Waals surface area contributed by atoms with Gasteiger partial charge in [0, 0.05) is 59.1 Å². The molecule has 3 amide bonds. The molecule has 4 heterocycles. The van der Waals surface area contributed by atoms with Crippen LogP contribution in [0.2, 0.25) is 0 Å². The first-order valence-corrected chi connectivity index (χ1v) is 15.8. The number of fused-ring (bicyclic) bond motifs is 5. The van der Waals surface area contributed by atoms with E-state index in [1.54, 1.807) is 35.2 Å². The zero-order chi connectivity index (χ0) is 35.5. The third-order valence-corrected chi connectivity index (χ3v) is 8.88. The number of nitrogens with zero attached hydrogens (tertiary/aromatic N) is 2. The van der Waals surface area contributed by atoms with Gasteiger partial charge in [-0.1, -0.05) is 82.9 Å². The average molecular weight is 722 g/mol. The number of carboxylic acid groups (broad SMARTS) is 1. The van der Waals surface area contributed by atoms with Crippen molar-refractivity contribution in [2.75, 3.05) is 7.05 Å². The summed E-state index contributed by atoms with van der Waals surface area (Å²) in [7, 11) is 1.52. The second kappa shape index (κ2) is 17.2. The molecule has 0 aliphatic carbocycles. The number of hydrogen-bond donors (Lipinski definition) is 6. The van der Waals surface area contributed by atoms with Gasteiger partial charge in [-0.2, -0.15) is 0 Å². The Morgan fingerprint density at radius 3 is 2.13 bits per heavy atom. The monoisotopic (exact) mass is 721 g/mol. The molecule has 12 heteroatoms. The van der Waals surface area contributed by atoms with Crippen molar-refractivity contribution in [3.05, 3.63) is 131 Å². The number of benzene rings is 4. The van der Waals surface area contributed by atoms with Gasteiger partial charge in [-0.15, -0.1) is 0 Å². The predicted octanol–water partition coefficient (Wildman–Crippen LogP) is 7.02. The number of H-pyrrole nitrogens is 2. The second-order valence-corrected chi connectivity index (χ2v) is 12.1. The minimum atomic E-state index is -0.972. The van der Waals surface area contributed by atoms with Crippen molar-refractivity contribution < 1.29 is 34.5 Å². The topological polar surface area (TPSA) is 193 Å². The molecular formula is C41H47N5O7. The number of carboxylic acids is 1. The molecule has 0 radical (unpaired) electrons. The van der Waals surface area contributed by atoms with Crippen molar-refractivity contribution in [3.63, 3.8) is 0 Å². The number of urea groups is 1. The van der Waals surface area contributed by atoms with E-state index >= 15 is 0 Å². The highest BCUT2D eigenvalue weighted by atomic mass is 16.4. The highest BCUT2D eigenvalue weighted by Gasteiger charge is 2.51. The van der Waals surface area contributed by atoms with Crippen LogP contribution in [0.4, 0.5) is 4.79 Å². The summed E-state index contributed by atoms with van der Waals surface area (Å²) in [6, 6.07) is 26.7. The summed E-state index contributed by atoms with van der Waals surface area (Å²) in [5, 5.41) is 29.6. The van der Waals surface area contributed by atoms with Crippen LogP contribution in [0.25, 0.3) is 21.8 Å². The Balaban J connectivity index is 0.000000239. The Bertz CT molecular complexity index is 2230. The minimum Gasteiger partial charge on any atom is -0.508 e. The van der Waals surface area contributed by atoms with Gasteiger partial charge >= 0.3 is 12.0 Å². The normalized spacial score (nSPS) is 16.0. The molecule has 3 atom stereocenters. The third-order valence-electron chi connectivity index (χ3n) is 8.88. The van der Waals surface area contributed by atoms with Gasteiger partial charge in [0.15, 0.2) is 0 Å². The van der Waals surface area contributed by atoms with Gasteiger partial charge in [-0.25, -0.2) is 4.79 Å². The van der Waals surface area contributed by atoms with E-state index < -0.39 is 24.1 Å². The summed E-state index contributed by atoms with van der Waals surface area (Å²) >= 11 is 0. The quantitative estimate of drug-likeness (QED) is 0.0808. The van der Waals surface area contributed by atoms with E-state index in [4.69, 9.17) is 15.9 Å². The summed E-state index contributed by atoms with van der Waals surface area (Å²) in [6.07, 6.45) is 3.34. The van der Waals surface area contributed by atoms with Crippen LogP contribution in [0.3, 0.4) is 0 Å². The number of carbonyl (C=O) groups is 4. The number of aromatic amines is 2. The molecule has 0 spiro atoms. The largest absolute Gasteiger partial charge is 0.508 e.